The van der Waals surface area contributed by atoms with Crippen molar-refractivity contribution in [2.75, 3.05) is 11.6 Å². The highest BCUT2D eigenvalue weighted by Crippen LogP contribution is 2.24. The topological polar surface area (TPSA) is 89.3 Å². The number of sulfonamides is 1. The average molecular weight is 371 g/mol. The molecule has 0 spiro atoms. The Morgan fingerprint density at radius 3 is 2.43 bits per heavy atom. The van der Waals surface area contributed by atoms with Crippen molar-refractivity contribution < 1.29 is 13.2 Å². The van der Waals surface area contributed by atoms with Gasteiger partial charge < -0.3 is 5.32 Å². The quantitative estimate of drug-likeness (QED) is 0.791. The van der Waals surface area contributed by atoms with Gasteiger partial charge in [0, 0.05) is 10.6 Å². The zero-order valence-electron chi connectivity index (χ0n) is 12.2. The molecule has 23 heavy (non-hydrogen) atoms. The maximum absolute atomic E-state index is 12.3. The molecule has 2 aromatic rings. The van der Waals surface area contributed by atoms with E-state index < -0.39 is 10.0 Å². The number of hydrogen-bond donors (Lipinski definition) is 2. The van der Waals surface area contributed by atoms with Crippen LogP contribution in [0.15, 0.2) is 47.4 Å². The standard InChI is InChI=1S/C15H15ClN2O3S2/c1-22-12-6-7-14(16)13(8-12)15(19)18-11-4-2-10(3-5-11)9-23(17,20)21/h2-8H,9H2,1H3,(H,18,19)(H2,17,20,21). The molecule has 122 valence electrons. The predicted octanol–water partition coefficient (Wildman–Crippen LogP) is 3.10. The lowest BCUT2D eigenvalue weighted by molar-refractivity contribution is 0.102. The molecule has 0 unspecified atom stereocenters. The molecule has 5 nitrogen and oxygen atoms in total. The molecule has 0 radical (unpaired) electrons. The SMILES string of the molecule is CSc1ccc(Cl)c(C(=O)Nc2ccc(CS(N)(=O)=O)cc2)c1. The first-order valence-corrected chi connectivity index (χ1v) is 9.84. The Morgan fingerprint density at radius 2 is 1.87 bits per heavy atom. The Bertz CT molecular complexity index is 821. The molecule has 0 aliphatic heterocycles. The maximum atomic E-state index is 12.3. The summed E-state index contributed by atoms with van der Waals surface area (Å²) in [5.74, 6) is -0.576. The van der Waals surface area contributed by atoms with Gasteiger partial charge in [0.05, 0.1) is 16.3 Å². The zero-order chi connectivity index (χ0) is 17.0. The molecule has 2 rings (SSSR count). The normalized spacial score (nSPS) is 11.3. The number of anilines is 1. The third-order valence-electron chi connectivity index (χ3n) is 3.00. The Hall–Kier alpha value is -1.54. The van der Waals surface area contributed by atoms with E-state index in [0.717, 1.165) is 4.90 Å². The van der Waals surface area contributed by atoms with Crippen LogP contribution in [-0.4, -0.2) is 20.6 Å². The van der Waals surface area contributed by atoms with Gasteiger partial charge in [0.1, 0.15) is 0 Å². The van der Waals surface area contributed by atoms with Crippen molar-refractivity contribution in [1.29, 1.82) is 0 Å². The van der Waals surface area contributed by atoms with E-state index in [1.807, 2.05) is 12.3 Å². The first-order chi connectivity index (χ1) is 10.8. The number of nitrogens with two attached hydrogens (primary N) is 1. The number of hydrogen-bond acceptors (Lipinski definition) is 4. The van der Waals surface area contributed by atoms with Gasteiger partial charge in [-0.2, -0.15) is 0 Å². The van der Waals surface area contributed by atoms with Crippen molar-refractivity contribution in [2.45, 2.75) is 10.6 Å². The summed E-state index contributed by atoms with van der Waals surface area (Å²) < 4.78 is 22.1. The molecule has 8 heteroatoms. The Balaban J connectivity index is 2.14. The molecular formula is C15H15ClN2O3S2. The smallest absolute Gasteiger partial charge is 0.257 e. The highest BCUT2D eigenvalue weighted by atomic mass is 35.5. The number of benzene rings is 2. The molecule has 0 atom stereocenters. The monoisotopic (exact) mass is 370 g/mol. The van der Waals surface area contributed by atoms with Gasteiger partial charge in [0.2, 0.25) is 10.0 Å². The number of thioether (sulfide) groups is 1. The first kappa shape index (κ1) is 17.8. The minimum Gasteiger partial charge on any atom is -0.322 e. The summed E-state index contributed by atoms with van der Waals surface area (Å²) in [6.45, 7) is 0. The summed E-state index contributed by atoms with van der Waals surface area (Å²) in [5.41, 5.74) is 1.47. The van der Waals surface area contributed by atoms with E-state index in [2.05, 4.69) is 5.32 Å². The number of carbonyl (C=O) groups is 1. The van der Waals surface area contributed by atoms with Crippen LogP contribution in [0.5, 0.6) is 0 Å². The highest BCUT2D eigenvalue weighted by molar-refractivity contribution is 7.98. The van der Waals surface area contributed by atoms with E-state index in [4.69, 9.17) is 16.7 Å². The number of nitrogens with one attached hydrogen (secondary N) is 1. The summed E-state index contributed by atoms with van der Waals surface area (Å²) in [4.78, 5) is 13.2. The fourth-order valence-corrected chi connectivity index (χ4v) is 3.22. The minimum atomic E-state index is -3.58. The molecule has 0 bridgehead atoms. The molecule has 0 heterocycles. The van der Waals surface area contributed by atoms with E-state index in [1.165, 1.54) is 11.8 Å². The largest absolute Gasteiger partial charge is 0.322 e. The van der Waals surface area contributed by atoms with Gasteiger partial charge in [0.25, 0.3) is 5.91 Å². The second-order valence-corrected chi connectivity index (χ2v) is 7.71. The first-order valence-electron chi connectivity index (χ1n) is 6.53. The van der Waals surface area contributed by atoms with Crippen LogP contribution in [0.3, 0.4) is 0 Å². The van der Waals surface area contributed by atoms with Gasteiger partial charge in [-0.3, -0.25) is 4.79 Å². The predicted molar refractivity (Wildman–Crippen MR) is 94.4 cm³/mol. The van der Waals surface area contributed by atoms with Crippen molar-refractivity contribution in [1.82, 2.24) is 0 Å². The number of rotatable bonds is 5. The number of carbonyl (C=O) groups excluding carboxylic acids is 1. The molecule has 2 aromatic carbocycles. The average Bonchev–Trinajstić information content (AvgIpc) is 2.48. The second-order valence-electron chi connectivity index (χ2n) is 4.80. The molecule has 3 N–H and O–H groups in total. The minimum absolute atomic E-state index is 0.247. The van der Waals surface area contributed by atoms with E-state index >= 15 is 0 Å². The summed E-state index contributed by atoms with van der Waals surface area (Å²) in [7, 11) is -3.58. The van der Waals surface area contributed by atoms with E-state index in [0.29, 0.717) is 21.8 Å². The molecule has 0 saturated heterocycles. The van der Waals surface area contributed by atoms with Crippen molar-refractivity contribution in [3.63, 3.8) is 0 Å². The Kier molecular flexibility index (Phi) is 5.69. The molecule has 0 aliphatic carbocycles. The van der Waals surface area contributed by atoms with Crippen molar-refractivity contribution in [3.8, 4) is 0 Å². The van der Waals surface area contributed by atoms with Crippen LogP contribution in [0.4, 0.5) is 5.69 Å². The molecule has 0 fully saturated rings. The van der Waals surface area contributed by atoms with Crippen molar-refractivity contribution in [3.05, 3.63) is 58.6 Å². The highest BCUT2D eigenvalue weighted by Gasteiger charge is 2.12. The van der Waals surface area contributed by atoms with E-state index in [9.17, 15) is 13.2 Å². The second kappa shape index (κ2) is 7.35. The van der Waals surface area contributed by atoms with Gasteiger partial charge in [0.15, 0.2) is 0 Å². The van der Waals surface area contributed by atoms with Crippen LogP contribution in [-0.2, 0) is 15.8 Å². The van der Waals surface area contributed by atoms with Gasteiger partial charge in [-0.05, 0) is 42.2 Å². The van der Waals surface area contributed by atoms with Gasteiger partial charge in [-0.25, -0.2) is 13.6 Å². The fourth-order valence-electron chi connectivity index (χ4n) is 1.92. The van der Waals surface area contributed by atoms with E-state index in [-0.39, 0.29) is 11.7 Å². The van der Waals surface area contributed by atoms with Gasteiger partial charge in [-0.1, -0.05) is 23.7 Å². The van der Waals surface area contributed by atoms with Crippen LogP contribution < -0.4 is 10.5 Å². The lowest BCUT2D eigenvalue weighted by atomic mass is 10.2. The van der Waals surface area contributed by atoms with Crippen LogP contribution in [0.1, 0.15) is 15.9 Å². The van der Waals surface area contributed by atoms with Crippen LogP contribution in [0, 0.1) is 0 Å². The molecule has 0 saturated carbocycles. The lowest BCUT2D eigenvalue weighted by Gasteiger charge is -2.09. The Morgan fingerprint density at radius 1 is 1.22 bits per heavy atom. The molecular weight excluding hydrogens is 356 g/mol. The van der Waals surface area contributed by atoms with Gasteiger partial charge >= 0.3 is 0 Å². The third kappa shape index (κ3) is 5.24. The third-order valence-corrected chi connectivity index (χ3v) is 4.79. The summed E-state index contributed by atoms with van der Waals surface area (Å²) in [6.07, 6.45) is 1.91. The van der Waals surface area contributed by atoms with Gasteiger partial charge in [-0.15, -0.1) is 11.8 Å². The fraction of sp³-hybridized carbons (Fsp3) is 0.133. The maximum Gasteiger partial charge on any atom is 0.257 e. The van der Waals surface area contributed by atoms with Crippen LogP contribution in [0.2, 0.25) is 5.02 Å². The summed E-state index contributed by atoms with van der Waals surface area (Å²) in [6, 6.07) is 11.7. The molecule has 0 aliphatic rings. The van der Waals surface area contributed by atoms with Crippen LogP contribution in [0.25, 0.3) is 0 Å². The Labute approximate surface area is 144 Å². The molecule has 0 aromatic heterocycles. The van der Waals surface area contributed by atoms with Crippen LogP contribution >= 0.6 is 23.4 Å². The summed E-state index contributed by atoms with van der Waals surface area (Å²) >= 11 is 7.58. The number of primary sulfonamides is 1. The number of amides is 1. The lowest BCUT2D eigenvalue weighted by Crippen LogP contribution is -2.15. The van der Waals surface area contributed by atoms with Crippen molar-refractivity contribution >= 4 is 45.0 Å². The number of halogens is 1. The van der Waals surface area contributed by atoms with Crippen molar-refractivity contribution in [2.24, 2.45) is 5.14 Å². The molecule has 1 amide bonds. The summed E-state index contributed by atoms with van der Waals surface area (Å²) in [5, 5.41) is 8.09. The zero-order valence-corrected chi connectivity index (χ0v) is 14.6. The van der Waals surface area contributed by atoms with E-state index in [1.54, 1.807) is 36.4 Å².